The lowest BCUT2D eigenvalue weighted by Crippen LogP contribution is -2.35. The lowest BCUT2D eigenvalue weighted by molar-refractivity contribution is 0.102. The van der Waals surface area contributed by atoms with Gasteiger partial charge < -0.3 is 15.2 Å². The molecule has 0 spiro atoms. The summed E-state index contributed by atoms with van der Waals surface area (Å²) >= 11 is 1.10. The minimum atomic E-state index is -0.822. The molecule has 1 aliphatic heterocycles. The molecule has 0 fully saturated rings. The Morgan fingerprint density at radius 2 is 1.88 bits per heavy atom. The molecule has 11 nitrogen and oxygen atoms in total. The van der Waals surface area contributed by atoms with Gasteiger partial charge in [0.2, 0.25) is 6.79 Å². The van der Waals surface area contributed by atoms with Gasteiger partial charge in [-0.1, -0.05) is 30.0 Å². The van der Waals surface area contributed by atoms with Gasteiger partial charge in [0.05, 0.1) is 5.75 Å². The molecule has 1 aliphatic rings. The number of anilines is 1. The number of hydrogen-bond acceptors (Lipinski definition) is 9. The lowest BCUT2D eigenvalue weighted by Gasteiger charge is -2.11. The number of nitrogens with two attached hydrogens (primary N) is 1. The number of fused-ring (bicyclic) bond motifs is 1. The second-order valence-electron chi connectivity index (χ2n) is 7.34. The molecule has 34 heavy (non-hydrogen) atoms. The number of thioether (sulfide) groups is 1. The number of aromatic nitrogens is 5. The van der Waals surface area contributed by atoms with E-state index in [0.29, 0.717) is 22.5 Å². The second kappa shape index (κ2) is 8.56. The maximum absolute atomic E-state index is 12.9. The highest BCUT2D eigenvalue weighted by Gasteiger charge is 2.23. The first-order valence-corrected chi connectivity index (χ1v) is 11.1. The van der Waals surface area contributed by atoms with Gasteiger partial charge in [-0.05, 0) is 30.3 Å². The van der Waals surface area contributed by atoms with Crippen LogP contribution in [0.3, 0.4) is 0 Å². The van der Waals surface area contributed by atoms with Crippen LogP contribution < -0.4 is 26.5 Å². The number of benzene rings is 2. The standard InChI is InChI=1S/C22H18N6O5S/c1-27-18(23)17(20(30)24-21(27)31)14(29)10-34-22-26-25-19(28(22)13-5-3-2-4-6-13)12-7-8-15-16(9-12)33-11-32-15/h2-9H,10-11,23H2,1H3,(H,24,30,31). The van der Waals surface area contributed by atoms with Crippen LogP contribution in [0.2, 0.25) is 0 Å². The molecule has 12 heteroatoms. The molecule has 0 amide bonds. The molecule has 5 rings (SSSR count). The number of aromatic amines is 1. The van der Waals surface area contributed by atoms with E-state index in [1.54, 1.807) is 6.07 Å². The van der Waals surface area contributed by atoms with E-state index in [-0.39, 0.29) is 23.9 Å². The number of ketones is 1. The molecule has 0 radical (unpaired) electrons. The Labute approximate surface area is 196 Å². The van der Waals surface area contributed by atoms with Crippen LogP contribution in [-0.2, 0) is 7.05 Å². The molecule has 3 heterocycles. The Morgan fingerprint density at radius 1 is 1.12 bits per heavy atom. The van der Waals surface area contributed by atoms with Crippen LogP contribution in [0.5, 0.6) is 11.5 Å². The molecular weight excluding hydrogens is 460 g/mol. The van der Waals surface area contributed by atoms with Crippen LogP contribution in [-0.4, -0.2) is 42.6 Å². The third-order valence-electron chi connectivity index (χ3n) is 5.26. The lowest BCUT2D eigenvalue weighted by atomic mass is 10.2. The average Bonchev–Trinajstić information content (AvgIpc) is 3.48. The number of hydrogen-bond donors (Lipinski definition) is 2. The summed E-state index contributed by atoms with van der Waals surface area (Å²) in [5, 5.41) is 9.07. The topological polar surface area (TPSA) is 147 Å². The smallest absolute Gasteiger partial charge is 0.329 e. The van der Waals surface area contributed by atoms with Crippen LogP contribution in [0, 0.1) is 0 Å². The van der Waals surface area contributed by atoms with Gasteiger partial charge in [0.15, 0.2) is 28.3 Å². The van der Waals surface area contributed by atoms with E-state index in [0.717, 1.165) is 27.6 Å². The molecule has 0 saturated carbocycles. The number of Topliss-reactive ketones (excluding diaryl/α,β-unsaturated/α-hetero) is 1. The first-order valence-electron chi connectivity index (χ1n) is 10.1. The minimum absolute atomic E-state index is 0.141. The summed E-state index contributed by atoms with van der Waals surface area (Å²) in [5.41, 5.74) is 5.61. The molecule has 2 aromatic carbocycles. The van der Waals surface area contributed by atoms with Gasteiger partial charge in [0, 0.05) is 18.3 Å². The van der Waals surface area contributed by atoms with Crippen LogP contribution >= 0.6 is 11.8 Å². The largest absolute Gasteiger partial charge is 0.454 e. The number of carbonyl (C=O) groups excluding carboxylic acids is 1. The molecule has 0 saturated heterocycles. The molecule has 4 aromatic rings. The fourth-order valence-corrected chi connectivity index (χ4v) is 4.33. The summed E-state index contributed by atoms with van der Waals surface area (Å²) in [5.74, 6) is 0.927. The van der Waals surface area contributed by atoms with Crippen molar-refractivity contribution in [1.29, 1.82) is 0 Å². The van der Waals surface area contributed by atoms with Crippen LogP contribution in [0.15, 0.2) is 63.3 Å². The van der Waals surface area contributed by atoms with E-state index in [2.05, 4.69) is 15.2 Å². The quantitative estimate of drug-likeness (QED) is 0.311. The van der Waals surface area contributed by atoms with E-state index in [1.807, 2.05) is 47.0 Å². The van der Waals surface area contributed by atoms with Gasteiger partial charge in [-0.3, -0.25) is 23.7 Å². The summed E-state index contributed by atoms with van der Waals surface area (Å²) in [6, 6.07) is 14.9. The van der Waals surface area contributed by atoms with Gasteiger partial charge in [0.1, 0.15) is 11.4 Å². The first kappa shape index (κ1) is 21.5. The fourth-order valence-electron chi connectivity index (χ4n) is 3.50. The Morgan fingerprint density at radius 3 is 2.68 bits per heavy atom. The number of nitrogen functional groups attached to an aromatic ring is 1. The van der Waals surface area contributed by atoms with Crippen molar-refractivity contribution >= 4 is 23.4 Å². The molecule has 0 atom stereocenters. The Balaban J connectivity index is 1.51. The van der Waals surface area contributed by atoms with E-state index in [9.17, 15) is 14.4 Å². The number of carbonyl (C=O) groups is 1. The molecule has 172 valence electrons. The van der Waals surface area contributed by atoms with Crippen molar-refractivity contribution in [3.63, 3.8) is 0 Å². The zero-order valence-electron chi connectivity index (χ0n) is 17.8. The third-order valence-corrected chi connectivity index (χ3v) is 6.19. The number of para-hydroxylation sites is 1. The van der Waals surface area contributed by atoms with Crippen molar-refractivity contribution in [3.8, 4) is 28.6 Å². The Kier molecular flexibility index (Phi) is 5.42. The van der Waals surface area contributed by atoms with Crippen molar-refractivity contribution in [2.75, 3.05) is 18.3 Å². The number of rotatable bonds is 6. The van der Waals surface area contributed by atoms with E-state index < -0.39 is 17.0 Å². The van der Waals surface area contributed by atoms with Gasteiger partial charge in [-0.25, -0.2) is 4.79 Å². The number of nitrogens with one attached hydrogen (secondary N) is 1. The van der Waals surface area contributed by atoms with Crippen molar-refractivity contribution in [3.05, 3.63) is 74.9 Å². The molecule has 3 N–H and O–H groups in total. The molecule has 0 aliphatic carbocycles. The van der Waals surface area contributed by atoms with Crippen LogP contribution in [0.25, 0.3) is 17.1 Å². The number of nitrogens with zero attached hydrogens (tertiary/aromatic N) is 4. The highest BCUT2D eigenvalue weighted by Crippen LogP contribution is 2.37. The average molecular weight is 478 g/mol. The Hall–Kier alpha value is -4.32. The van der Waals surface area contributed by atoms with Gasteiger partial charge >= 0.3 is 5.69 Å². The second-order valence-corrected chi connectivity index (χ2v) is 8.28. The number of ether oxygens (including phenoxy) is 2. The predicted octanol–water partition coefficient (Wildman–Crippen LogP) is 1.61. The van der Waals surface area contributed by atoms with Crippen molar-refractivity contribution in [2.45, 2.75) is 5.16 Å². The monoisotopic (exact) mass is 478 g/mol. The molecular formula is C22H18N6O5S. The summed E-state index contributed by atoms with van der Waals surface area (Å²) in [6.45, 7) is 0.153. The fraction of sp³-hybridized carbons (Fsp3) is 0.136. The van der Waals surface area contributed by atoms with Crippen LogP contribution in [0.4, 0.5) is 5.82 Å². The van der Waals surface area contributed by atoms with Gasteiger partial charge in [0.25, 0.3) is 5.56 Å². The zero-order valence-corrected chi connectivity index (χ0v) is 18.7. The highest BCUT2D eigenvalue weighted by atomic mass is 32.2. The van der Waals surface area contributed by atoms with Crippen LogP contribution in [0.1, 0.15) is 10.4 Å². The maximum atomic E-state index is 12.9. The SMILES string of the molecule is Cn1c(N)c(C(=O)CSc2nnc(-c3ccc4c(c3)OCO4)n2-c2ccccc2)c(=O)[nH]c1=O. The molecule has 0 unspecified atom stereocenters. The van der Waals surface area contributed by atoms with Gasteiger partial charge in [-0.2, -0.15) is 0 Å². The number of H-pyrrole nitrogens is 1. The zero-order chi connectivity index (χ0) is 23.8. The molecule has 2 aromatic heterocycles. The van der Waals surface area contributed by atoms with Crippen molar-refractivity contribution in [2.24, 2.45) is 7.05 Å². The van der Waals surface area contributed by atoms with Gasteiger partial charge in [-0.15, -0.1) is 10.2 Å². The highest BCUT2D eigenvalue weighted by molar-refractivity contribution is 7.99. The summed E-state index contributed by atoms with van der Waals surface area (Å²) in [4.78, 5) is 38.8. The third kappa shape index (κ3) is 3.73. The first-order chi connectivity index (χ1) is 16.4. The van der Waals surface area contributed by atoms with E-state index in [1.165, 1.54) is 7.05 Å². The predicted molar refractivity (Wildman–Crippen MR) is 125 cm³/mol. The van der Waals surface area contributed by atoms with E-state index in [4.69, 9.17) is 15.2 Å². The summed E-state index contributed by atoms with van der Waals surface area (Å²) in [7, 11) is 1.38. The normalized spacial score (nSPS) is 12.1. The maximum Gasteiger partial charge on any atom is 0.329 e. The van der Waals surface area contributed by atoms with Crippen molar-refractivity contribution < 1.29 is 14.3 Å². The van der Waals surface area contributed by atoms with E-state index >= 15 is 0 Å². The summed E-state index contributed by atoms with van der Waals surface area (Å²) < 4.78 is 13.7. The Bertz CT molecular complexity index is 1530. The molecule has 0 bridgehead atoms. The minimum Gasteiger partial charge on any atom is -0.454 e. The van der Waals surface area contributed by atoms with Crippen molar-refractivity contribution in [1.82, 2.24) is 24.3 Å². The summed E-state index contributed by atoms with van der Waals surface area (Å²) in [6.07, 6.45) is 0.